The number of hydrogen-bond acceptors (Lipinski definition) is 15. The minimum Gasteiger partial charge on any atom is -0.460 e. The summed E-state index contributed by atoms with van der Waals surface area (Å²) < 4.78 is 30.5. The van der Waals surface area contributed by atoms with Crippen LogP contribution in [0.15, 0.2) is 24.3 Å². The molecule has 75 heavy (non-hydrogen) atoms. The van der Waals surface area contributed by atoms with Gasteiger partial charge in [0.15, 0.2) is 11.6 Å². The van der Waals surface area contributed by atoms with Crippen molar-refractivity contribution in [3.8, 4) is 0 Å². The van der Waals surface area contributed by atoms with E-state index in [-0.39, 0.29) is 82.3 Å². The molecule has 0 aromatic heterocycles. The molecule has 14 aliphatic rings. The van der Waals surface area contributed by atoms with Crippen molar-refractivity contribution in [2.24, 2.45) is 91.7 Å². The van der Waals surface area contributed by atoms with Gasteiger partial charge < -0.3 is 54.3 Å². The van der Waals surface area contributed by atoms with Gasteiger partial charge in [-0.05, 0) is 157 Å². The average molecular weight is 1050 g/mol. The summed E-state index contributed by atoms with van der Waals surface area (Å²) in [7, 11) is 0. The lowest BCUT2D eigenvalue weighted by Gasteiger charge is -2.75. The Morgan fingerprint density at radius 3 is 1.44 bits per heavy atom. The topological polar surface area (TPSA) is 228 Å². The largest absolute Gasteiger partial charge is 0.460 e. The predicted molar refractivity (Wildman–Crippen MR) is 271 cm³/mol. The van der Waals surface area contributed by atoms with Gasteiger partial charge in [-0.25, -0.2) is 4.79 Å². The smallest absolute Gasteiger partial charge is 0.410 e. The van der Waals surface area contributed by atoms with E-state index in [0.717, 1.165) is 45.2 Å². The quantitative estimate of drug-likeness (QED) is 0.123. The molecular formula is C59H86N2O14. The minimum absolute atomic E-state index is 0.161. The molecule has 18 atom stereocenters. The number of hydrogen-bond donors (Lipinski definition) is 5. The number of Topliss-reactive ketones (excluding diaryl/α,β-unsaturated/α-hetero) is 2. The lowest BCUT2D eigenvalue weighted by atomic mass is 9.34. The molecule has 6 heterocycles. The van der Waals surface area contributed by atoms with E-state index in [0.29, 0.717) is 75.8 Å². The number of aliphatic hydroxyl groups is 4. The summed E-state index contributed by atoms with van der Waals surface area (Å²) in [5.74, 6) is -7.62. The zero-order chi connectivity index (χ0) is 54.2. The number of likely N-dealkylation sites (tertiary alicyclic amines) is 1. The Morgan fingerprint density at radius 2 is 1.04 bits per heavy atom. The highest BCUT2D eigenvalue weighted by Gasteiger charge is 2.89. The highest BCUT2D eigenvalue weighted by Crippen LogP contribution is 2.80. The first kappa shape index (κ1) is 53.7. The van der Waals surface area contributed by atoms with Crippen molar-refractivity contribution in [3.05, 3.63) is 24.3 Å². The molecule has 1 amide bonds. The van der Waals surface area contributed by atoms with Gasteiger partial charge in [0.2, 0.25) is 11.6 Å². The molecule has 0 radical (unpaired) electrons. The normalized spacial score (nSPS) is 48.1. The van der Waals surface area contributed by atoms with Gasteiger partial charge in [-0.3, -0.25) is 19.2 Å². The van der Waals surface area contributed by atoms with Gasteiger partial charge >= 0.3 is 18.0 Å². The molecule has 8 saturated carbocycles. The highest BCUT2D eigenvalue weighted by atomic mass is 16.7. The second kappa shape index (κ2) is 17.4. The Kier molecular flexibility index (Phi) is 12.4. The van der Waals surface area contributed by atoms with E-state index in [1.807, 2.05) is 20.8 Å². The molecule has 0 unspecified atom stereocenters. The van der Waals surface area contributed by atoms with E-state index >= 15 is 0 Å². The number of nitrogens with zero attached hydrogens (tertiary/aromatic N) is 1. The fourth-order valence-corrected chi connectivity index (χ4v) is 19.9. The third-order valence-electron chi connectivity index (χ3n) is 23.3. The van der Waals surface area contributed by atoms with Crippen LogP contribution in [0.25, 0.3) is 0 Å². The van der Waals surface area contributed by atoms with Crippen molar-refractivity contribution in [1.82, 2.24) is 10.2 Å². The number of piperidine rings is 2. The van der Waals surface area contributed by atoms with Crippen molar-refractivity contribution < 1.29 is 68.1 Å². The van der Waals surface area contributed by atoms with Crippen LogP contribution < -0.4 is 5.32 Å². The molecule has 8 aliphatic carbocycles. The number of rotatable bonds is 4. The second-order valence-electron chi connectivity index (χ2n) is 28.3. The number of carbonyl (C=O) groups excluding carboxylic acids is 5. The first-order valence-corrected chi connectivity index (χ1v) is 28.7. The SMILES string of the molecule is C=C1C(=O)[C@]23[C@H](OC(=O)C4CCN(C(=O)OC(C)(C)C)CC4)[C@H]1CC[C@H]2[C@@]12CO[C@@]3(O)[C@@H](O)[C@@H]1C(C)(C)CC[C@@H]2C.C=C1C(=O)[C@]23[C@H](OC(=O)C4CCNCC4)[C@H]1CC[C@H]2[C@@]12CO[C@@]3(O)[C@@H](O)[C@@H]1C(C)(C)CC[C@@H]2C. The number of ether oxygens (including phenoxy) is 5. The molecule has 16 nitrogen and oxygen atoms in total. The second-order valence-corrected chi connectivity index (χ2v) is 28.3. The van der Waals surface area contributed by atoms with Crippen molar-refractivity contribution in [1.29, 1.82) is 0 Å². The Balaban J connectivity index is 0.000000163. The number of esters is 2. The average Bonchev–Trinajstić information content (AvgIpc) is 3.87. The Labute approximate surface area is 442 Å². The number of aliphatic hydroxyl groups excluding tert-OH is 2. The Hall–Kier alpha value is -3.25. The molecule has 4 spiro atoms. The van der Waals surface area contributed by atoms with Crippen LogP contribution in [-0.4, -0.2) is 136 Å². The maximum Gasteiger partial charge on any atom is 0.410 e. The summed E-state index contributed by atoms with van der Waals surface area (Å²) in [6.07, 6.45) is 4.05. The van der Waals surface area contributed by atoms with Gasteiger partial charge in [-0.15, -0.1) is 0 Å². The van der Waals surface area contributed by atoms with Crippen LogP contribution in [-0.2, 0) is 42.9 Å². The molecule has 5 N–H and O–H groups in total. The number of ketones is 2. The maximum absolute atomic E-state index is 14.3. The van der Waals surface area contributed by atoms with Gasteiger partial charge in [-0.1, -0.05) is 54.7 Å². The van der Waals surface area contributed by atoms with Gasteiger partial charge in [-0.2, -0.15) is 0 Å². The number of amides is 1. The van der Waals surface area contributed by atoms with E-state index in [2.05, 4.69) is 60.0 Å². The molecule has 6 aliphatic heterocycles. The van der Waals surface area contributed by atoms with Crippen LogP contribution in [0.1, 0.15) is 139 Å². The van der Waals surface area contributed by atoms with Crippen LogP contribution in [0.5, 0.6) is 0 Å². The van der Waals surface area contributed by atoms with Crippen molar-refractivity contribution in [2.45, 2.75) is 181 Å². The van der Waals surface area contributed by atoms with Gasteiger partial charge in [0.05, 0.1) is 25.0 Å². The summed E-state index contributed by atoms with van der Waals surface area (Å²) in [5.41, 5.74) is -4.36. The molecule has 14 rings (SSSR count). The number of carbonyl (C=O) groups is 5. The van der Waals surface area contributed by atoms with Crippen LogP contribution in [0.3, 0.4) is 0 Å². The Morgan fingerprint density at radius 1 is 0.640 bits per heavy atom. The van der Waals surface area contributed by atoms with E-state index < -0.39 is 87.1 Å². The summed E-state index contributed by atoms with van der Waals surface area (Å²) in [5, 5.41) is 51.8. The van der Waals surface area contributed by atoms with Crippen LogP contribution in [0.2, 0.25) is 0 Å². The fourth-order valence-electron chi connectivity index (χ4n) is 19.9. The summed E-state index contributed by atoms with van der Waals surface area (Å²) in [6.45, 7) is 29.6. The summed E-state index contributed by atoms with van der Waals surface area (Å²) >= 11 is 0. The van der Waals surface area contributed by atoms with E-state index in [1.165, 1.54) is 0 Å². The molecule has 0 aromatic carbocycles. The number of nitrogens with one attached hydrogen (secondary N) is 1. The van der Waals surface area contributed by atoms with Crippen molar-refractivity contribution in [2.75, 3.05) is 39.4 Å². The molecule has 416 valence electrons. The monoisotopic (exact) mass is 1050 g/mol. The first-order chi connectivity index (χ1) is 35.1. The predicted octanol–water partition coefficient (Wildman–Crippen LogP) is 6.05. The molecular weight excluding hydrogens is 961 g/mol. The minimum atomic E-state index is -2.17. The number of fused-ring (bicyclic) bond motifs is 4. The van der Waals surface area contributed by atoms with Crippen molar-refractivity contribution in [3.63, 3.8) is 0 Å². The van der Waals surface area contributed by atoms with Crippen molar-refractivity contribution >= 4 is 29.6 Å². The van der Waals surface area contributed by atoms with Crippen LogP contribution in [0.4, 0.5) is 4.79 Å². The van der Waals surface area contributed by atoms with Gasteiger partial charge in [0.1, 0.15) is 40.8 Å². The molecule has 6 saturated heterocycles. The third kappa shape index (κ3) is 6.80. The standard InChI is InChI=1S/C32H47NO8.C27H39NO6/c1-17-10-13-29(6,7)22-24(35)32(38)31-21(30(17,22)16-39-32)9-8-20(18(2)23(31)34)25(31)40-26(36)19-11-14-33(15-12-19)27(37)41-28(3,4)5;1-14-7-10-24(3,4)19-21(30)27(32)26-18(25(14,19)13-33-27)6-5-17(15(2)20(26)29)22(26)34-23(31)16-8-11-28-12-9-16/h17,19-22,24-25,35,38H,2,8-16H2,1,3-7H3;14,16-19,21-22,28,30,32H,2,5-13H2,1,3-4H3/t17-,20-,21-,22+,24-,25+,30-,31-,32-;14-,17-,18-,19+,21-,22+,25-,26-,27-/m00/s1. The maximum atomic E-state index is 14.3. The first-order valence-electron chi connectivity index (χ1n) is 28.7. The van der Waals surface area contributed by atoms with E-state index in [1.54, 1.807) is 4.90 Å². The van der Waals surface area contributed by atoms with Gasteiger partial charge in [0, 0.05) is 47.6 Å². The Bertz CT molecular complexity index is 2440. The zero-order valence-electron chi connectivity index (χ0n) is 46.0. The van der Waals surface area contributed by atoms with Crippen LogP contribution >= 0.6 is 0 Å². The van der Waals surface area contributed by atoms with Gasteiger partial charge in [0.25, 0.3) is 0 Å². The van der Waals surface area contributed by atoms with E-state index in [9.17, 15) is 44.4 Å². The zero-order valence-corrected chi connectivity index (χ0v) is 46.0. The summed E-state index contributed by atoms with van der Waals surface area (Å²) in [4.78, 5) is 69.7. The molecule has 14 fully saturated rings. The molecule has 16 heteroatoms. The summed E-state index contributed by atoms with van der Waals surface area (Å²) in [6, 6.07) is 0. The van der Waals surface area contributed by atoms with E-state index in [4.69, 9.17) is 23.7 Å². The van der Waals surface area contributed by atoms with Crippen LogP contribution in [0, 0.1) is 91.7 Å². The lowest BCUT2D eigenvalue weighted by Crippen LogP contribution is -2.85. The highest BCUT2D eigenvalue weighted by molar-refractivity contribution is 6.06. The lowest BCUT2D eigenvalue weighted by molar-refractivity contribution is -0.455. The fraction of sp³-hybridized carbons (Fsp3) is 0.847. The molecule has 0 aromatic rings. The molecule has 8 bridgehead atoms. The third-order valence-corrected chi connectivity index (χ3v) is 23.3.